The van der Waals surface area contributed by atoms with Crippen LogP contribution in [0.5, 0.6) is 0 Å². The number of carbonyl (C=O) groups is 1. The van der Waals surface area contributed by atoms with Gasteiger partial charge in [-0.2, -0.15) is 0 Å². The number of nitrogens with zero attached hydrogens (tertiary/aromatic N) is 2. The van der Waals surface area contributed by atoms with Gasteiger partial charge in [0.25, 0.3) is 0 Å². The van der Waals surface area contributed by atoms with E-state index in [1.807, 2.05) is 38.2 Å². The molecule has 1 unspecified atom stereocenters. The highest BCUT2D eigenvalue weighted by atomic mass is 16.4. The zero-order chi connectivity index (χ0) is 13.1. The third-order valence-corrected chi connectivity index (χ3v) is 3.15. The van der Waals surface area contributed by atoms with Crippen molar-refractivity contribution in [2.24, 2.45) is 7.05 Å². The van der Waals surface area contributed by atoms with Gasteiger partial charge in [0, 0.05) is 19.4 Å². The Hall–Kier alpha value is -2.10. The first-order chi connectivity index (χ1) is 8.59. The van der Waals surface area contributed by atoms with Crippen molar-refractivity contribution in [2.45, 2.75) is 19.3 Å². The topological polar surface area (TPSA) is 55.1 Å². The Morgan fingerprint density at radius 2 is 2.17 bits per heavy atom. The predicted molar refractivity (Wildman–Crippen MR) is 68.5 cm³/mol. The van der Waals surface area contributed by atoms with Gasteiger partial charge in [-0.15, -0.1) is 0 Å². The number of hydrogen-bond acceptors (Lipinski definition) is 2. The second-order valence-corrected chi connectivity index (χ2v) is 4.42. The molecular formula is C14H16N2O2. The van der Waals surface area contributed by atoms with E-state index in [4.69, 9.17) is 0 Å². The molecule has 1 aromatic heterocycles. The number of carboxylic acid groups (broad SMARTS) is 1. The molecule has 0 saturated carbocycles. The Balaban J connectivity index is 2.31. The van der Waals surface area contributed by atoms with E-state index in [9.17, 15) is 9.90 Å². The molecule has 0 aliphatic carbocycles. The van der Waals surface area contributed by atoms with Gasteiger partial charge in [0.15, 0.2) is 0 Å². The van der Waals surface area contributed by atoms with Crippen molar-refractivity contribution in [1.29, 1.82) is 0 Å². The molecule has 2 aromatic rings. The summed E-state index contributed by atoms with van der Waals surface area (Å²) in [5, 5.41) is 9.37. The monoisotopic (exact) mass is 244 g/mol. The van der Waals surface area contributed by atoms with Crippen molar-refractivity contribution < 1.29 is 9.90 Å². The lowest BCUT2D eigenvalue weighted by atomic mass is 9.95. The minimum absolute atomic E-state index is 0.465. The normalized spacial score (nSPS) is 12.3. The van der Waals surface area contributed by atoms with Gasteiger partial charge in [-0.05, 0) is 24.5 Å². The van der Waals surface area contributed by atoms with Crippen LogP contribution in [0, 0.1) is 6.92 Å². The lowest BCUT2D eigenvalue weighted by Crippen LogP contribution is -2.18. The Kier molecular flexibility index (Phi) is 3.46. The summed E-state index contributed by atoms with van der Waals surface area (Å²) < 4.78 is 1.76. The summed E-state index contributed by atoms with van der Waals surface area (Å²) in [5.74, 6) is -0.857. The maximum Gasteiger partial charge on any atom is 0.314 e. The maximum atomic E-state index is 11.4. The summed E-state index contributed by atoms with van der Waals surface area (Å²) in [5.41, 5.74) is 2.16. The van der Waals surface area contributed by atoms with Crippen LogP contribution in [-0.4, -0.2) is 20.6 Å². The summed E-state index contributed by atoms with van der Waals surface area (Å²) in [7, 11) is 1.82. The summed E-state index contributed by atoms with van der Waals surface area (Å²) in [6.07, 6.45) is 3.86. The minimum atomic E-state index is -0.840. The van der Waals surface area contributed by atoms with E-state index in [2.05, 4.69) is 4.98 Å². The van der Waals surface area contributed by atoms with E-state index in [0.29, 0.717) is 12.2 Å². The Morgan fingerprint density at radius 1 is 1.44 bits per heavy atom. The van der Waals surface area contributed by atoms with Crippen molar-refractivity contribution >= 4 is 5.97 Å². The summed E-state index contributed by atoms with van der Waals surface area (Å²) in [6, 6.07) is 7.84. The molecule has 0 bridgehead atoms. The molecular weight excluding hydrogens is 228 g/mol. The van der Waals surface area contributed by atoms with Crippen LogP contribution in [0.1, 0.15) is 22.9 Å². The van der Waals surface area contributed by atoms with Gasteiger partial charge < -0.3 is 9.67 Å². The van der Waals surface area contributed by atoms with Gasteiger partial charge in [-0.1, -0.05) is 24.3 Å². The molecule has 1 N–H and O–H groups in total. The SMILES string of the molecule is Cc1ccccc1CC(C(=O)O)c1nccn1C. The minimum Gasteiger partial charge on any atom is -0.481 e. The zero-order valence-corrected chi connectivity index (χ0v) is 10.5. The second-order valence-electron chi connectivity index (χ2n) is 4.42. The number of aromatic nitrogens is 2. The van der Waals surface area contributed by atoms with Gasteiger partial charge >= 0.3 is 5.97 Å². The molecule has 0 aliphatic rings. The average molecular weight is 244 g/mol. The fraction of sp³-hybridized carbons (Fsp3) is 0.286. The number of imidazole rings is 1. The summed E-state index contributed by atoms with van der Waals surface area (Å²) in [6.45, 7) is 1.99. The van der Waals surface area contributed by atoms with Crippen molar-refractivity contribution in [2.75, 3.05) is 0 Å². The van der Waals surface area contributed by atoms with E-state index >= 15 is 0 Å². The van der Waals surface area contributed by atoms with E-state index in [1.54, 1.807) is 17.0 Å². The number of benzene rings is 1. The molecule has 0 spiro atoms. The smallest absolute Gasteiger partial charge is 0.314 e. The molecule has 2 rings (SSSR count). The van der Waals surface area contributed by atoms with Crippen LogP contribution < -0.4 is 0 Å². The molecule has 94 valence electrons. The Labute approximate surface area is 106 Å². The van der Waals surface area contributed by atoms with E-state index < -0.39 is 11.9 Å². The van der Waals surface area contributed by atoms with Crippen LogP contribution >= 0.6 is 0 Å². The predicted octanol–water partition coefficient (Wildman–Crippen LogP) is 2.14. The highest BCUT2D eigenvalue weighted by Crippen LogP contribution is 2.21. The molecule has 18 heavy (non-hydrogen) atoms. The summed E-state index contributed by atoms with van der Waals surface area (Å²) >= 11 is 0. The van der Waals surface area contributed by atoms with Crippen LogP contribution in [0.2, 0.25) is 0 Å². The first kappa shape index (κ1) is 12.4. The van der Waals surface area contributed by atoms with Crippen molar-refractivity contribution in [1.82, 2.24) is 9.55 Å². The van der Waals surface area contributed by atoms with Crippen molar-refractivity contribution in [3.8, 4) is 0 Å². The first-order valence-corrected chi connectivity index (χ1v) is 5.84. The van der Waals surface area contributed by atoms with Gasteiger partial charge in [0.2, 0.25) is 0 Å². The van der Waals surface area contributed by atoms with Crippen LogP contribution in [0.15, 0.2) is 36.7 Å². The fourth-order valence-corrected chi connectivity index (χ4v) is 2.06. The Bertz CT molecular complexity index is 560. The number of carboxylic acids is 1. The molecule has 0 fully saturated rings. The van der Waals surface area contributed by atoms with Crippen LogP contribution in [0.3, 0.4) is 0 Å². The summed E-state index contributed by atoms with van der Waals surface area (Å²) in [4.78, 5) is 15.6. The van der Waals surface area contributed by atoms with Crippen molar-refractivity contribution in [3.63, 3.8) is 0 Å². The lowest BCUT2D eigenvalue weighted by Gasteiger charge is -2.13. The van der Waals surface area contributed by atoms with Crippen LogP contribution in [0.25, 0.3) is 0 Å². The van der Waals surface area contributed by atoms with Gasteiger partial charge in [-0.3, -0.25) is 4.79 Å². The quantitative estimate of drug-likeness (QED) is 0.896. The highest BCUT2D eigenvalue weighted by molar-refractivity contribution is 5.75. The number of aliphatic carboxylic acids is 1. The first-order valence-electron chi connectivity index (χ1n) is 5.84. The standard InChI is InChI=1S/C14H16N2O2/c1-10-5-3-4-6-11(10)9-12(14(17)18)13-15-7-8-16(13)2/h3-8,12H,9H2,1-2H3,(H,17,18). The molecule has 0 aliphatic heterocycles. The largest absolute Gasteiger partial charge is 0.481 e. The van der Waals surface area contributed by atoms with E-state index in [-0.39, 0.29) is 0 Å². The molecule has 1 atom stereocenters. The highest BCUT2D eigenvalue weighted by Gasteiger charge is 2.24. The zero-order valence-electron chi connectivity index (χ0n) is 10.5. The third-order valence-electron chi connectivity index (χ3n) is 3.15. The van der Waals surface area contributed by atoms with Crippen molar-refractivity contribution in [3.05, 3.63) is 53.6 Å². The average Bonchev–Trinajstić information content (AvgIpc) is 2.74. The number of hydrogen-bond donors (Lipinski definition) is 1. The molecule has 1 heterocycles. The Morgan fingerprint density at radius 3 is 2.72 bits per heavy atom. The number of rotatable bonds is 4. The molecule has 1 aromatic carbocycles. The fourth-order valence-electron chi connectivity index (χ4n) is 2.06. The van der Waals surface area contributed by atoms with Gasteiger partial charge in [-0.25, -0.2) is 4.98 Å². The lowest BCUT2D eigenvalue weighted by molar-refractivity contribution is -0.139. The van der Waals surface area contributed by atoms with E-state index in [0.717, 1.165) is 11.1 Å². The molecule has 0 amide bonds. The van der Waals surface area contributed by atoms with Crippen LogP contribution in [0.4, 0.5) is 0 Å². The molecule has 4 nitrogen and oxygen atoms in total. The molecule has 4 heteroatoms. The molecule has 0 saturated heterocycles. The second kappa shape index (κ2) is 5.04. The van der Waals surface area contributed by atoms with E-state index in [1.165, 1.54) is 0 Å². The third kappa shape index (κ3) is 2.42. The number of aryl methyl sites for hydroxylation is 2. The maximum absolute atomic E-state index is 11.4. The molecule has 0 radical (unpaired) electrons. The van der Waals surface area contributed by atoms with Crippen LogP contribution in [-0.2, 0) is 18.3 Å². The van der Waals surface area contributed by atoms with Gasteiger partial charge in [0.05, 0.1) is 0 Å². The van der Waals surface area contributed by atoms with Gasteiger partial charge in [0.1, 0.15) is 11.7 Å².